The average Bonchev–Trinajstić information content (AvgIpc) is 2.00. The van der Waals surface area contributed by atoms with Gasteiger partial charge < -0.3 is 4.90 Å². The van der Waals surface area contributed by atoms with Crippen molar-refractivity contribution >= 4 is 0 Å². The smallest absolute Gasteiger partial charge is 0.0350 e. The first-order chi connectivity index (χ1) is 6.17. The Hall–Kier alpha value is -0.0800. The van der Waals surface area contributed by atoms with E-state index in [0.717, 1.165) is 12.0 Å². The highest BCUT2D eigenvalue weighted by molar-refractivity contribution is 4.87. The molecule has 2 heteroatoms. The quantitative estimate of drug-likeness (QED) is 0.641. The fraction of sp³-hybridized carbons (Fsp3) is 1.00. The van der Waals surface area contributed by atoms with Crippen LogP contribution in [0.1, 0.15) is 27.7 Å². The summed E-state index contributed by atoms with van der Waals surface area (Å²) in [6.07, 6.45) is 0. The van der Waals surface area contributed by atoms with Crippen molar-refractivity contribution in [2.24, 2.45) is 5.92 Å². The molecule has 0 radical (unpaired) electrons. The monoisotopic (exact) mass is 184 g/mol. The molecule has 78 valence electrons. The van der Waals surface area contributed by atoms with Gasteiger partial charge in [-0.25, -0.2) is 0 Å². The van der Waals surface area contributed by atoms with Crippen LogP contribution < -0.4 is 0 Å². The van der Waals surface area contributed by atoms with Crippen LogP contribution in [0.3, 0.4) is 0 Å². The molecule has 0 aromatic carbocycles. The van der Waals surface area contributed by atoms with Gasteiger partial charge in [0.25, 0.3) is 0 Å². The van der Waals surface area contributed by atoms with Crippen LogP contribution in [0.2, 0.25) is 0 Å². The molecule has 0 aromatic heterocycles. The number of nitrogens with zero attached hydrogens (tertiary/aromatic N) is 2. The molecule has 0 amide bonds. The van der Waals surface area contributed by atoms with E-state index in [-0.39, 0.29) is 0 Å². The summed E-state index contributed by atoms with van der Waals surface area (Å²) < 4.78 is 0. The fourth-order valence-corrected chi connectivity index (χ4v) is 2.04. The molecule has 1 aliphatic rings. The van der Waals surface area contributed by atoms with E-state index in [9.17, 15) is 0 Å². The van der Waals surface area contributed by atoms with Crippen molar-refractivity contribution in [1.29, 1.82) is 0 Å². The Bertz CT molecular complexity index is 139. The molecule has 1 heterocycles. The van der Waals surface area contributed by atoms with Gasteiger partial charge in [0.1, 0.15) is 0 Å². The topological polar surface area (TPSA) is 6.48 Å². The molecule has 13 heavy (non-hydrogen) atoms. The molecule has 1 aliphatic heterocycles. The molecule has 1 rings (SSSR count). The highest BCUT2D eigenvalue weighted by Gasteiger charge is 2.29. The van der Waals surface area contributed by atoms with Crippen LogP contribution in [0, 0.1) is 5.92 Å². The Labute approximate surface area is 82.9 Å². The molecule has 0 unspecified atom stereocenters. The van der Waals surface area contributed by atoms with Crippen molar-refractivity contribution in [2.45, 2.75) is 33.7 Å². The van der Waals surface area contributed by atoms with Crippen molar-refractivity contribution in [3.8, 4) is 0 Å². The van der Waals surface area contributed by atoms with Crippen LogP contribution in [0.4, 0.5) is 0 Å². The van der Waals surface area contributed by atoms with Crippen LogP contribution >= 0.6 is 0 Å². The lowest BCUT2D eigenvalue weighted by Crippen LogP contribution is -2.59. The maximum atomic E-state index is 2.62. The van der Waals surface area contributed by atoms with Gasteiger partial charge in [0, 0.05) is 25.7 Å². The summed E-state index contributed by atoms with van der Waals surface area (Å²) in [5.74, 6) is 0.802. The van der Waals surface area contributed by atoms with Crippen LogP contribution in [0.25, 0.3) is 0 Å². The first-order valence-corrected chi connectivity index (χ1v) is 5.63. The largest absolute Gasteiger partial charge is 0.300 e. The standard InChI is InChI=1S/C11H24N2/c1-5-12-8-11(9-12)13(6-2)7-10(3)4/h10-11H,5-9H2,1-4H3. The Kier molecular flexibility index (Phi) is 4.20. The maximum Gasteiger partial charge on any atom is 0.0350 e. The minimum atomic E-state index is 0.802. The van der Waals surface area contributed by atoms with Gasteiger partial charge in [-0.1, -0.05) is 27.7 Å². The lowest BCUT2D eigenvalue weighted by atomic mass is 10.1. The van der Waals surface area contributed by atoms with Crippen LogP contribution in [0.5, 0.6) is 0 Å². The van der Waals surface area contributed by atoms with Crippen LogP contribution in [0.15, 0.2) is 0 Å². The Morgan fingerprint density at radius 1 is 1.31 bits per heavy atom. The third-order valence-corrected chi connectivity index (χ3v) is 2.91. The molecule has 2 nitrogen and oxygen atoms in total. The minimum Gasteiger partial charge on any atom is -0.300 e. The number of likely N-dealkylation sites (tertiary alicyclic amines) is 1. The second-order valence-corrected chi connectivity index (χ2v) is 4.49. The van der Waals surface area contributed by atoms with Crippen molar-refractivity contribution in [3.05, 3.63) is 0 Å². The van der Waals surface area contributed by atoms with E-state index in [1.54, 1.807) is 0 Å². The first kappa shape index (κ1) is 11.0. The first-order valence-electron chi connectivity index (χ1n) is 5.63. The predicted molar refractivity (Wildman–Crippen MR) is 58.0 cm³/mol. The molecule has 0 aromatic rings. The lowest BCUT2D eigenvalue weighted by molar-refractivity contribution is 0.0343. The second kappa shape index (κ2) is 4.97. The average molecular weight is 184 g/mol. The van der Waals surface area contributed by atoms with Gasteiger partial charge in [0.2, 0.25) is 0 Å². The second-order valence-electron chi connectivity index (χ2n) is 4.49. The number of likely N-dealkylation sites (N-methyl/N-ethyl adjacent to an activating group) is 2. The van der Waals surface area contributed by atoms with Crippen molar-refractivity contribution in [1.82, 2.24) is 9.80 Å². The van der Waals surface area contributed by atoms with Crippen LogP contribution in [-0.4, -0.2) is 48.6 Å². The summed E-state index contributed by atoms with van der Waals surface area (Å²) in [7, 11) is 0. The van der Waals surface area contributed by atoms with Crippen molar-refractivity contribution in [2.75, 3.05) is 32.7 Å². The molecular formula is C11H24N2. The molecule has 0 bridgehead atoms. The third kappa shape index (κ3) is 2.96. The summed E-state index contributed by atoms with van der Waals surface area (Å²) in [4.78, 5) is 5.13. The molecule has 1 fully saturated rings. The van der Waals surface area contributed by atoms with Gasteiger partial charge in [0.05, 0.1) is 0 Å². The number of hydrogen-bond donors (Lipinski definition) is 0. The molecule has 0 aliphatic carbocycles. The Morgan fingerprint density at radius 3 is 2.31 bits per heavy atom. The zero-order chi connectivity index (χ0) is 9.84. The van der Waals surface area contributed by atoms with Gasteiger partial charge in [-0.3, -0.25) is 4.90 Å². The van der Waals surface area contributed by atoms with E-state index in [1.165, 1.54) is 32.7 Å². The van der Waals surface area contributed by atoms with Crippen LogP contribution in [-0.2, 0) is 0 Å². The van der Waals surface area contributed by atoms with E-state index in [0.29, 0.717) is 0 Å². The molecule has 0 saturated carbocycles. The van der Waals surface area contributed by atoms with E-state index in [4.69, 9.17) is 0 Å². The predicted octanol–water partition coefficient (Wildman–Crippen LogP) is 1.67. The summed E-state index contributed by atoms with van der Waals surface area (Å²) >= 11 is 0. The van der Waals surface area contributed by atoms with Gasteiger partial charge in [-0.15, -0.1) is 0 Å². The minimum absolute atomic E-state index is 0.802. The molecular weight excluding hydrogens is 160 g/mol. The van der Waals surface area contributed by atoms with E-state index < -0.39 is 0 Å². The Balaban J connectivity index is 2.24. The number of hydrogen-bond acceptors (Lipinski definition) is 2. The van der Waals surface area contributed by atoms with E-state index >= 15 is 0 Å². The summed E-state index contributed by atoms with van der Waals surface area (Å²) in [6.45, 7) is 15.4. The molecule has 0 N–H and O–H groups in total. The summed E-state index contributed by atoms with van der Waals surface area (Å²) in [6, 6.07) is 0.840. The maximum absolute atomic E-state index is 2.62. The van der Waals surface area contributed by atoms with Gasteiger partial charge >= 0.3 is 0 Å². The summed E-state index contributed by atoms with van der Waals surface area (Å²) in [5, 5.41) is 0. The van der Waals surface area contributed by atoms with Crippen molar-refractivity contribution < 1.29 is 0 Å². The molecule has 1 saturated heterocycles. The van der Waals surface area contributed by atoms with Gasteiger partial charge in [-0.2, -0.15) is 0 Å². The van der Waals surface area contributed by atoms with E-state index in [1.807, 2.05) is 0 Å². The normalized spacial score (nSPS) is 19.8. The van der Waals surface area contributed by atoms with Gasteiger partial charge in [-0.05, 0) is 19.0 Å². The van der Waals surface area contributed by atoms with Crippen molar-refractivity contribution in [3.63, 3.8) is 0 Å². The van der Waals surface area contributed by atoms with Gasteiger partial charge in [0.15, 0.2) is 0 Å². The molecule has 0 spiro atoms. The zero-order valence-corrected chi connectivity index (χ0v) is 9.58. The SMILES string of the molecule is CCN1CC(N(CC)CC(C)C)C1. The number of rotatable bonds is 5. The highest BCUT2D eigenvalue weighted by Crippen LogP contribution is 2.15. The highest BCUT2D eigenvalue weighted by atomic mass is 15.3. The third-order valence-electron chi connectivity index (χ3n) is 2.91. The van der Waals surface area contributed by atoms with E-state index in [2.05, 4.69) is 37.5 Å². The molecule has 0 atom stereocenters. The Morgan fingerprint density at radius 2 is 1.92 bits per heavy atom. The zero-order valence-electron chi connectivity index (χ0n) is 9.58. The summed E-state index contributed by atoms with van der Waals surface area (Å²) in [5.41, 5.74) is 0. The lowest BCUT2D eigenvalue weighted by Gasteiger charge is -2.45. The fourth-order valence-electron chi connectivity index (χ4n) is 2.04.